The van der Waals surface area contributed by atoms with Crippen LogP contribution in [0.2, 0.25) is 0 Å². The smallest absolute Gasteiger partial charge is 0.317 e. The van der Waals surface area contributed by atoms with E-state index in [-0.39, 0.29) is 6.03 Å². The highest BCUT2D eigenvalue weighted by atomic mass is 32.2. The van der Waals surface area contributed by atoms with Crippen molar-refractivity contribution in [2.45, 2.75) is 19.4 Å². The fraction of sp³-hybridized carbons (Fsp3) is 0.611. The monoisotopic (exact) mass is 380 g/mol. The molecule has 8 heteroatoms. The quantitative estimate of drug-likeness (QED) is 0.836. The van der Waals surface area contributed by atoms with E-state index in [1.54, 1.807) is 4.90 Å². The normalized spacial score (nSPS) is 19.7. The molecule has 2 aliphatic heterocycles. The summed E-state index contributed by atoms with van der Waals surface area (Å²) in [5.74, 6) is 0. The van der Waals surface area contributed by atoms with Crippen LogP contribution in [0.4, 0.5) is 4.79 Å². The van der Waals surface area contributed by atoms with E-state index < -0.39 is 10.0 Å². The molecule has 144 valence electrons. The summed E-state index contributed by atoms with van der Waals surface area (Å²) < 4.78 is 24.8. The Kier molecular flexibility index (Phi) is 6.16. The first kappa shape index (κ1) is 19.1. The third-order valence-corrected chi connectivity index (χ3v) is 6.43. The van der Waals surface area contributed by atoms with Crippen molar-refractivity contribution in [3.05, 3.63) is 35.4 Å². The molecule has 2 aliphatic rings. The van der Waals surface area contributed by atoms with Crippen molar-refractivity contribution in [3.63, 3.8) is 0 Å². The van der Waals surface area contributed by atoms with Crippen LogP contribution in [0.15, 0.2) is 24.3 Å². The van der Waals surface area contributed by atoms with Gasteiger partial charge in [0.1, 0.15) is 0 Å². The molecule has 0 spiro atoms. The van der Waals surface area contributed by atoms with Gasteiger partial charge in [0.2, 0.25) is 10.0 Å². The van der Waals surface area contributed by atoms with Gasteiger partial charge in [0, 0.05) is 52.4 Å². The van der Waals surface area contributed by atoms with E-state index >= 15 is 0 Å². The second-order valence-electron chi connectivity index (χ2n) is 7.03. The molecule has 0 saturated carbocycles. The van der Waals surface area contributed by atoms with Gasteiger partial charge in [-0.3, -0.25) is 4.90 Å². The third-order valence-electron chi connectivity index (χ3n) is 5.13. The Labute approximate surface area is 156 Å². The van der Waals surface area contributed by atoms with Crippen molar-refractivity contribution in [2.75, 3.05) is 52.1 Å². The summed E-state index contributed by atoms with van der Waals surface area (Å²) in [6.45, 7) is 5.26. The van der Waals surface area contributed by atoms with Gasteiger partial charge in [-0.2, -0.15) is 0 Å². The van der Waals surface area contributed by atoms with Gasteiger partial charge in [-0.1, -0.05) is 24.3 Å². The minimum atomic E-state index is -3.19. The average Bonchev–Trinajstić information content (AvgIpc) is 2.88. The number of rotatable bonds is 4. The van der Waals surface area contributed by atoms with Crippen LogP contribution in [0, 0.1) is 0 Å². The molecule has 26 heavy (non-hydrogen) atoms. The zero-order valence-corrected chi connectivity index (χ0v) is 16.2. The molecule has 3 rings (SSSR count). The molecule has 0 aromatic heterocycles. The Hall–Kier alpha value is -1.64. The number of nitrogens with one attached hydrogen (secondary N) is 1. The molecule has 1 N–H and O–H groups in total. The van der Waals surface area contributed by atoms with E-state index in [2.05, 4.69) is 34.5 Å². The standard InChI is InChI=1S/C18H28N4O3S/c1-26(24,25)22-10-4-9-21(13-14-22)18(23)19-8-12-20-11-7-16-5-2-3-6-17(16)15-20/h2-3,5-6H,4,7-15H2,1H3,(H,19,23). The molecule has 0 aliphatic carbocycles. The lowest BCUT2D eigenvalue weighted by Gasteiger charge is -2.29. The first-order chi connectivity index (χ1) is 12.4. The van der Waals surface area contributed by atoms with Crippen molar-refractivity contribution < 1.29 is 13.2 Å². The number of nitrogens with zero attached hydrogens (tertiary/aromatic N) is 3. The van der Waals surface area contributed by atoms with Gasteiger partial charge in [0.15, 0.2) is 0 Å². The predicted molar refractivity (Wildman–Crippen MR) is 101 cm³/mol. The van der Waals surface area contributed by atoms with E-state index in [4.69, 9.17) is 0 Å². The SMILES string of the molecule is CS(=O)(=O)N1CCCN(C(=O)NCCN2CCc3ccccc3C2)CC1. The molecular formula is C18H28N4O3S. The van der Waals surface area contributed by atoms with E-state index in [1.807, 2.05) is 0 Å². The van der Waals surface area contributed by atoms with Crippen molar-refractivity contribution in [1.29, 1.82) is 0 Å². The first-order valence-corrected chi connectivity index (χ1v) is 11.1. The number of carbonyl (C=O) groups excluding carboxylic acids is 1. The van der Waals surface area contributed by atoms with Crippen molar-refractivity contribution in [3.8, 4) is 0 Å². The van der Waals surface area contributed by atoms with Crippen LogP contribution in [-0.2, 0) is 23.0 Å². The van der Waals surface area contributed by atoms with Gasteiger partial charge in [0.25, 0.3) is 0 Å². The maximum Gasteiger partial charge on any atom is 0.317 e. The van der Waals surface area contributed by atoms with Gasteiger partial charge in [-0.15, -0.1) is 0 Å². The van der Waals surface area contributed by atoms with E-state index in [1.165, 1.54) is 21.7 Å². The van der Waals surface area contributed by atoms with Crippen LogP contribution >= 0.6 is 0 Å². The maximum atomic E-state index is 12.4. The molecule has 0 unspecified atom stereocenters. The number of amides is 2. The molecule has 0 bridgehead atoms. The lowest BCUT2D eigenvalue weighted by molar-refractivity contribution is 0.195. The molecule has 1 fully saturated rings. The summed E-state index contributed by atoms with van der Waals surface area (Å²) in [6.07, 6.45) is 2.94. The minimum Gasteiger partial charge on any atom is -0.337 e. The number of carbonyl (C=O) groups is 1. The summed E-state index contributed by atoms with van der Waals surface area (Å²) in [5, 5.41) is 2.98. The number of hydrogen-bond donors (Lipinski definition) is 1. The molecule has 7 nitrogen and oxygen atoms in total. The van der Waals surface area contributed by atoms with Crippen molar-refractivity contribution in [1.82, 2.24) is 19.4 Å². The number of fused-ring (bicyclic) bond motifs is 1. The summed E-state index contributed by atoms with van der Waals surface area (Å²) in [7, 11) is -3.19. The lowest BCUT2D eigenvalue weighted by Crippen LogP contribution is -2.45. The number of urea groups is 1. The Morgan fingerprint density at radius 2 is 1.85 bits per heavy atom. The van der Waals surface area contributed by atoms with Crippen molar-refractivity contribution >= 4 is 16.1 Å². The van der Waals surface area contributed by atoms with Crippen LogP contribution < -0.4 is 5.32 Å². The largest absolute Gasteiger partial charge is 0.337 e. The van der Waals surface area contributed by atoms with Crippen LogP contribution in [0.25, 0.3) is 0 Å². The predicted octanol–water partition coefficient (Wildman–Crippen LogP) is 0.722. The number of hydrogen-bond acceptors (Lipinski definition) is 4. The summed E-state index contributed by atoms with van der Waals surface area (Å²) in [5.41, 5.74) is 2.80. The van der Waals surface area contributed by atoms with Crippen LogP contribution in [0.1, 0.15) is 17.5 Å². The van der Waals surface area contributed by atoms with E-state index in [0.717, 1.165) is 26.1 Å². The Balaban J connectivity index is 1.42. The Bertz CT molecular complexity index is 738. The summed E-state index contributed by atoms with van der Waals surface area (Å²) >= 11 is 0. The second kappa shape index (κ2) is 8.37. The van der Waals surface area contributed by atoms with Crippen LogP contribution in [-0.4, -0.2) is 80.6 Å². The van der Waals surface area contributed by atoms with Gasteiger partial charge < -0.3 is 10.2 Å². The zero-order valence-electron chi connectivity index (χ0n) is 15.4. The molecule has 1 aromatic rings. The topological polar surface area (TPSA) is 73.0 Å². The van der Waals surface area contributed by atoms with Gasteiger partial charge >= 0.3 is 6.03 Å². The van der Waals surface area contributed by atoms with Gasteiger partial charge in [-0.25, -0.2) is 17.5 Å². The Morgan fingerprint density at radius 1 is 1.08 bits per heavy atom. The molecule has 1 aromatic carbocycles. The number of sulfonamides is 1. The van der Waals surface area contributed by atoms with Gasteiger partial charge in [0.05, 0.1) is 6.26 Å². The Morgan fingerprint density at radius 3 is 2.62 bits per heavy atom. The molecule has 0 radical (unpaired) electrons. The molecular weight excluding hydrogens is 352 g/mol. The summed E-state index contributed by atoms with van der Waals surface area (Å²) in [6, 6.07) is 8.42. The highest BCUT2D eigenvalue weighted by Gasteiger charge is 2.23. The fourth-order valence-electron chi connectivity index (χ4n) is 3.61. The van der Waals surface area contributed by atoms with Crippen LogP contribution in [0.3, 0.4) is 0 Å². The molecule has 2 heterocycles. The zero-order chi connectivity index (χ0) is 18.6. The number of benzene rings is 1. The van der Waals surface area contributed by atoms with E-state index in [0.29, 0.717) is 39.1 Å². The van der Waals surface area contributed by atoms with Crippen LogP contribution in [0.5, 0.6) is 0 Å². The van der Waals surface area contributed by atoms with E-state index in [9.17, 15) is 13.2 Å². The first-order valence-electron chi connectivity index (χ1n) is 9.20. The average molecular weight is 381 g/mol. The van der Waals surface area contributed by atoms with Crippen molar-refractivity contribution in [2.24, 2.45) is 0 Å². The highest BCUT2D eigenvalue weighted by Crippen LogP contribution is 2.17. The maximum absolute atomic E-state index is 12.4. The third kappa shape index (κ3) is 4.96. The molecule has 0 atom stereocenters. The molecule has 1 saturated heterocycles. The second-order valence-corrected chi connectivity index (χ2v) is 9.01. The lowest BCUT2D eigenvalue weighted by atomic mass is 10.00. The minimum absolute atomic E-state index is 0.0993. The highest BCUT2D eigenvalue weighted by molar-refractivity contribution is 7.88. The summed E-state index contributed by atoms with van der Waals surface area (Å²) in [4.78, 5) is 16.5. The fourth-order valence-corrected chi connectivity index (χ4v) is 4.48. The molecule has 2 amide bonds. The van der Waals surface area contributed by atoms with Gasteiger partial charge in [-0.05, 0) is 24.0 Å².